The number of morpholine rings is 1. The van der Waals surface area contributed by atoms with Crippen molar-refractivity contribution in [2.45, 2.75) is 56.7 Å². The van der Waals surface area contributed by atoms with Crippen molar-refractivity contribution in [2.75, 3.05) is 54.9 Å². The summed E-state index contributed by atoms with van der Waals surface area (Å²) >= 11 is 1.53. The highest BCUT2D eigenvalue weighted by Crippen LogP contribution is 2.36. The van der Waals surface area contributed by atoms with Crippen LogP contribution in [0.5, 0.6) is 0 Å². The fourth-order valence-electron chi connectivity index (χ4n) is 5.57. The summed E-state index contributed by atoms with van der Waals surface area (Å²) in [6, 6.07) is 6.74. The lowest BCUT2D eigenvalue weighted by Crippen LogP contribution is -2.42. The van der Waals surface area contributed by atoms with Gasteiger partial charge < -0.3 is 31.3 Å². The van der Waals surface area contributed by atoms with Crippen molar-refractivity contribution in [1.82, 2.24) is 20.3 Å². The summed E-state index contributed by atoms with van der Waals surface area (Å²) in [5.74, 6) is 1.18. The topological polar surface area (TPSA) is 133 Å². The number of rotatable bonds is 6. The number of hydrogen-bond acceptors (Lipinski definition) is 10. The first-order valence-electron chi connectivity index (χ1n) is 13.5. The number of aromatic amines is 1. The first-order chi connectivity index (χ1) is 18.2. The van der Waals surface area contributed by atoms with Gasteiger partial charge in [0.15, 0.2) is 0 Å². The Balaban J connectivity index is 1.38. The van der Waals surface area contributed by atoms with Crippen LogP contribution in [0.3, 0.4) is 0 Å². The quantitative estimate of drug-likeness (QED) is 0.330. The van der Waals surface area contributed by atoms with Crippen LogP contribution in [0.1, 0.15) is 38.5 Å². The van der Waals surface area contributed by atoms with Crippen LogP contribution in [-0.2, 0) is 4.74 Å². The van der Waals surface area contributed by atoms with Gasteiger partial charge in [0, 0.05) is 37.8 Å². The molecule has 0 spiro atoms. The van der Waals surface area contributed by atoms with E-state index in [9.17, 15) is 4.79 Å². The summed E-state index contributed by atoms with van der Waals surface area (Å²) in [5, 5.41) is 11.4. The maximum Gasteiger partial charge on any atom is 0.264 e. The van der Waals surface area contributed by atoms with Crippen molar-refractivity contribution >= 4 is 39.0 Å². The molecule has 2 aliphatic heterocycles. The van der Waals surface area contributed by atoms with Crippen molar-refractivity contribution in [3.8, 4) is 10.6 Å². The molecule has 198 valence electrons. The molecule has 1 aliphatic carbocycles. The van der Waals surface area contributed by atoms with Crippen LogP contribution in [0, 0.1) is 0 Å². The van der Waals surface area contributed by atoms with Crippen molar-refractivity contribution in [2.24, 2.45) is 5.73 Å². The molecule has 1 saturated carbocycles. The number of piperidine rings is 1. The minimum atomic E-state index is -0.175. The van der Waals surface area contributed by atoms with E-state index in [1.807, 2.05) is 6.07 Å². The van der Waals surface area contributed by atoms with Crippen molar-refractivity contribution in [3.05, 3.63) is 28.6 Å². The number of thiazole rings is 1. The van der Waals surface area contributed by atoms with Crippen LogP contribution in [0.2, 0.25) is 0 Å². The number of ether oxygens (including phenoxy) is 1. The molecule has 3 unspecified atom stereocenters. The van der Waals surface area contributed by atoms with Gasteiger partial charge in [-0.2, -0.15) is 4.98 Å². The van der Waals surface area contributed by atoms with E-state index < -0.39 is 0 Å². The number of H-pyrrole nitrogens is 1. The van der Waals surface area contributed by atoms with Gasteiger partial charge in [0.1, 0.15) is 21.9 Å². The van der Waals surface area contributed by atoms with E-state index >= 15 is 0 Å². The van der Waals surface area contributed by atoms with Gasteiger partial charge >= 0.3 is 0 Å². The molecule has 2 aromatic heterocycles. The minimum Gasteiger partial charge on any atom is -0.379 e. The fraction of sp³-hybridized carbons (Fsp3) is 0.577. The number of aromatic nitrogens is 3. The zero-order chi connectivity index (χ0) is 25.2. The number of nitrogens with two attached hydrogens (primary N) is 1. The van der Waals surface area contributed by atoms with Crippen LogP contribution in [0.15, 0.2) is 23.0 Å². The molecule has 1 aromatic carbocycles. The largest absolute Gasteiger partial charge is 0.379 e. The Kier molecular flexibility index (Phi) is 7.27. The number of para-hydroxylation sites is 1. The molecule has 3 aromatic rings. The van der Waals surface area contributed by atoms with Gasteiger partial charge in [0.25, 0.3) is 5.56 Å². The van der Waals surface area contributed by atoms with Crippen molar-refractivity contribution in [1.29, 1.82) is 0 Å². The predicted molar refractivity (Wildman–Crippen MR) is 150 cm³/mol. The minimum absolute atomic E-state index is 0.141. The van der Waals surface area contributed by atoms with E-state index in [0.29, 0.717) is 48.6 Å². The Morgan fingerprint density at radius 2 is 1.95 bits per heavy atom. The van der Waals surface area contributed by atoms with Crippen LogP contribution in [0.25, 0.3) is 20.8 Å². The Morgan fingerprint density at radius 1 is 1.08 bits per heavy atom. The van der Waals surface area contributed by atoms with Gasteiger partial charge in [-0.3, -0.25) is 9.78 Å². The third kappa shape index (κ3) is 5.31. The van der Waals surface area contributed by atoms with Gasteiger partial charge in [0.05, 0.1) is 23.6 Å². The predicted octanol–water partition coefficient (Wildman–Crippen LogP) is 2.73. The zero-order valence-electron chi connectivity index (χ0n) is 21.1. The second kappa shape index (κ2) is 10.9. The van der Waals surface area contributed by atoms with Gasteiger partial charge in [-0.25, -0.2) is 4.98 Å². The average Bonchev–Trinajstić information content (AvgIpc) is 3.35. The van der Waals surface area contributed by atoms with E-state index in [1.165, 1.54) is 24.2 Å². The van der Waals surface area contributed by atoms with E-state index in [1.54, 1.807) is 0 Å². The summed E-state index contributed by atoms with van der Waals surface area (Å²) < 4.78 is 6.53. The van der Waals surface area contributed by atoms with Crippen LogP contribution >= 0.6 is 11.3 Å². The Labute approximate surface area is 220 Å². The van der Waals surface area contributed by atoms with Gasteiger partial charge in [-0.1, -0.05) is 18.9 Å². The SMILES string of the molecule is NC1CCCCC1Nc1cccc2sc(-c3c(NC4CCCNC4)nc(N4CCOCC4)[nH]c3=O)nc12. The summed E-state index contributed by atoms with van der Waals surface area (Å²) in [4.78, 5) is 28.6. The normalized spacial score (nSPS) is 24.8. The van der Waals surface area contributed by atoms with Crippen molar-refractivity contribution < 1.29 is 4.74 Å². The first-order valence-corrected chi connectivity index (χ1v) is 14.3. The molecule has 3 fully saturated rings. The Hall–Kier alpha value is -2.73. The molecular formula is C26H36N8O2S. The van der Waals surface area contributed by atoms with Crippen molar-refractivity contribution in [3.63, 3.8) is 0 Å². The summed E-state index contributed by atoms with van der Waals surface area (Å²) in [7, 11) is 0. The Morgan fingerprint density at radius 3 is 2.76 bits per heavy atom. The zero-order valence-corrected chi connectivity index (χ0v) is 21.9. The van der Waals surface area contributed by atoms with Crippen LogP contribution in [0.4, 0.5) is 17.5 Å². The smallest absolute Gasteiger partial charge is 0.264 e. The van der Waals surface area contributed by atoms with Gasteiger partial charge in [-0.05, 0) is 44.4 Å². The molecule has 3 atom stereocenters. The van der Waals surface area contributed by atoms with Crippen LogP contribution < -0.4 is 32.1 Å². The highest BCUT2D eigenvalue weighted by atomic mass is 32.1. The molecule has 6 rings (SSSR count). The molecule has 10 nitrogen and oxygen atoms in total. The number of hydrogen-bond donors (Lipinski definition) is 5. The van der Waals surface area contributed by atoms with E-state index in [2.05, 4.69) is 38.0 Å². The molecule has 3 aliphatic rings. The molecule has 0 bridgehead atoms. The molecule has 4 heterocycles. The highest BCUT2D eigenvalue weighted by Gasteiger charge is 2.26. The first kappa shape index (κ1) is 24.6. The van der Waals surface area contributed by atoms with E-state index in [0.717, 1.165) is 54.7 Å². The Bertz CT molecular complexity index is 1280. The van der Waals surface area contributed by atoms with E-state index in [-0.39, 0.29) is 23.7 Å². The number of nitrogens with one attached hydrogen (secondary N) is 4. The molecule has 0 amide bonds. The fourth-order valence-corrected chi connectivity index (χ4v) is 6.60. The lowest BCUT2D eigenvalue weighted by Gasteiger charge is -2.30. The summed E-state index contributed by atoms with van der Waals surface area (Å²) in [5.41, 5.74) is 8.59. The number of anilines is 3. The van der Waals surface area contributed by atoms with E-state index in [4.69, 9.17) is 20.4 Å². The average molecular weight is 525 g/mol. The molecule has 0 radical (unpaired) electrons. The number of nitrogens with zero attached hydrogens (tertiary/aromatic N) is 3. The molecule has 6 N–H and O–H groups in total. The number of fused-ring (bicyclic) bond motifs is 1. The molecule has 2 saturated heterocycles. The lowest BCUT2D eigenvalue weighted by molar-refractivity contribution is 0.122. The second-order valence-corrected chi connectivity index (χ2v) is 11.3. The van der Waals surface area contributed by atoms with Gasteiger partial charge in [0.2, 0.25) is 5.95 Å². The molecular weight excluding hydrogens is 488 g/mol. The second-order valence-electron chi connectivity index (χ2n) is 10.3. The third-order valence-corrected chi connectivity index (χ3v) is 8.69. The maximum absolute atomic E-state index is 13.6. The maximum atomic E-state index is 13.6. The summed E-state index contributed by atoms with van der Waals surface area (Å²) in [6.45, 7) is 4.51. The molecule has 37 heavy (non-hydrogen) atoms. The molecule has 11 heteroatoms. The summed E-state index contributed by atoms with van der Waals surface area (Å²) in [6.07, 6.45) is 6.59. The monoisotopic (exact) mass is 524 g/mol. The third-order valence-electron chi connectivity index (χ3n) is 7.65. The highest BCUT2D eigenvalue weighted by molar-refractivity contribution is 7.21. The standard InChI is InChI=1S/C26H36N8O2S/c27-17-6-1-2-7-18(17)30-19-8-3-9-20-22(19)31-25(37-20)21-23(29-16-5-4-10-28-15-16)32-26(33-24(21)35)34-11-13-36-14-12-34/h3,8-9,16-18,28,30H,1-2,4-7,10-15,27H2,(H2,29,32,33,35). The van der Waals surface area contributed by atoms with Crippen LogP contribution in [-0.4, -0.2) is 72.5 Å². The van der Waals surface area contributed by atoms with Gasteiger partial charge in [-0.15, -0.1) is 11.3 Å². The lowest BCUT2D eigenvalue weighted by atomic mass is 9.91. The number of benzene rings is 1.